The third kappa shape index (κ3) is 4.12. The molecule has 0 spiro atoms. The van der Waals surface area contributed by atoms with Crippen LogP contribution in [0, 0.1) is 11.3 Å². The van der Waals surface area contributed by atoms with Gasteiger partial charge in [0.2, 0.25) is 5.95 Å². The summed E-state index contributed by atoms with van der Waals surface area (Å²) in [6.45, 7) is 0. The minimum absolute atomic E-state index is 0.0385. The van der Waals surface area contributed by atoms with Crippen molar-refractivity contribution in [1.82, 2.24) is 9.97 Å². The molecule has 0 amide bonds. The number of hydrogen-bond acceptors (Lipinski definition) is 7. The number of nitriles is 1. The Balaban J connectivity index is 1.95. The number of hydrazone groups is 1. The lowest BCUT2D eigenvalue weighted by Crippen LogP contribution is -2.16. The lowest BCUT2D eigenvalue weighted by molar-refractivity contribution is 0.483. The van der Waals surface area contributed by atoms with Crippen LogP contribution >= 0.6 is 0 Å². The zero-order valence-corrected chi connectivity index (χ0v) is 15.0. The molecule has 0 fully saturated rings. The highest BCUT2D eigenvalue weighted by atomic mass is 32.2. The predicted octanol–water partition coefficient (Wildman–Crippen LogP) is 2.00. The number of H-pyrrole nitrogens is 1. The van der Waals surface area contributed by atoms with Crippen molar-refractivity contribution in [3.05, 3.63) is 76.1 Å². The average Bonchev–Trinajstić information content (AvgIpc) is 2.68. The van der Waals surface area contributed by atoms with Crippen LogP contribution in [0.5, 0.6) is 0 Å². The van der Waals surface area contributed by atoms with Crippen LogP contribution in [-0.4, -0.2) is 29.2 Å². The fraction of sp³-hybridized carbons (Fsp3) is 0. The SMILES string of the molecule is N#Cc1c(-c2ccccc2)nc(NN=Cc2ccccc2S(=O)(=O)O)[nH]c1=O. The van der Waals surface area contributed by atoms with E-state index in [0.29, 0.717) is 5.56 Å². The summed E-state index contributed by atoms with van der Waals surface area (Å²) in [5, 5.41) is 13.1. The normalized spacial score (nSPS) is 11.3. The molecule has 0 aliphatic heterocycles. The maximum atomic E-state index is 12.2. The topological polar surface area (TPSA) is 148 Å². The number of aromatic nitrogens is 2. The highest BCUT2D eigenvalue weighted by Gasteiger charge is 2.14. The van der Waals surface area contributed by atoms with Gasteiger partial charge in [0, 0.05) is 11.1 Å². The summed E-state index contributed by atoms with van der Waals surface area (Å²) >= 11 is 0. The van der Waals surface area contributed by atoms with Crippen molar-refractivity contribution < 1.29 is 13.0 Å². The van der Waals surface area contributed by atoms with Crippen LogP contribution in [0.4, 0.5) is 5.95 Å². The molecule has 0 saturated carbocycles. The molecule has 10 heteroatoms. The van der Waals surface area contributed by atoms with Crippen molar-refractivity contribution in [3.63, 3.8) is 0 Å². The molecule has 9 nitrogen and oxygen atoms in total. The summed E-state index contributed by atoms with van der Waals surface area (Å²) in [6.07, 6.45) is 1.16. The van der Waals surface area contributed by atoms with E-state index in [-0.39, 0.29) is 27.7 Å². The van der Waals surface area contributed by atoms with Crippen LogP contribution in [0.2, 0.25) is 0 Å². The van der Waals surface area contributed by atoms with Crippen LogP contribution in [0.25, 0.3) is 11.3 Å². The van der Waals surface area contributed by atoms with Crippen molar-refractivity contribution in [2.75, 3.05) is 5.43 Å². The number of benzene rings is 2. The zero-order chi connectivity index (χ0) is 20.1. The van der Waals surface area contributed by atoms with Crippen LogP contribution < -0.4 is 11.0 Å². The fourth-order valence-electron chi connectivity index (χ4n) is 2.42. The Morgan fingerprint density at radius 2 is 1.82 bits per heavy atom. The predicted molar refractivity (Wildman–Crippen MR) is 102 cm³/mol. The number of hydrogen-bond donors (Lipinski definition) is 3. The largest absolute Gasteiger partial charge is 0.295 e. The molecule has 0 aliphatic carbocycles. The molecule has 1 heterocycles. The Labute approximate surface area is 159 Å². The van der Waals surface area contributed by atoms with Gasteiger partial charge in [0.25, 0.3) is 15.7 Å². The second-order valence-corrected chi connectivity index (χ2v) is 6.89. The minimum atomic E-state index is -4.42. The Morgan fingerprint density at radius 1 is 1.14 bits per heavy atom. The third-order valence-electron chi connectivity index (χ3n) is 3.65. The lowest BCUT2D eigenvalue weighted by atomic mass is 10.1. The highest BCUT2D eigenvalue weighted by Crippen LogP contribution is 2.19. The van der Waals surface area contributed by atoms with Crippen LogP contribution in [0.15, 0.2) is 69.4 Å². The van der Waals surface area contributed by atoms with E-state index in [9.17, 15) is 23.0 Å². The van der Waals surface area contributed by atoms with E-state index < -0.39 is 15.7 Å². The molecule has 2 aromatic carbocycles. The molecule has 0 atom stereocenters. The first-order valence-corrected chi connectivity index (χ1v) is 9.29. The van der Waals surface area contributed by atoms with Gasteiger partial charge < -0.3 is 0 Å². The van der Waals surface area contributed by atoms with Gasteiger partial charge in [-0.2, -0.15) is 18.8 Å². The van der Waals surface area contributed by atoms with Gasteiger partial charge >= 0.3 is 0 Å². The average molecular weight is 395 g/mol. The van der Waals surface area contributed by atoms with Crippen molar-refractivity contribution in [3.8, 4) is 17.3 Å². The van der Waals surface area contributed by atoms with Gasteiger partial charge in [-0.3, -0.25) is 14.3 Å². The quantitative estimate of drug-likeness (QED) is 0.340. The molecule has 0 unspecified atom stereocenters. The Kier molecular flexibility index (Phi) is 5.30. The first kappa shape index (κ1) is 19.0. The molecule has 0 aliphatic rings. The molecular formula is C18H13N5O4S. The lowest BCUT2D eigenvalue weighted by Gasteiger charge is -2.06. The van der Waals surface area contributed by atoms with Crippen LogP contribution in [0.3, 0.4) is 0 Å². The smallest absolute Gasteiger partial charge is 0.290 e. The first-order valence-electron chi connectivity index (χ1n) is 7.85. The number of rotatable bonds is 5. The molecule has 1 aromatic heterocycles. The monoisotopic (exact) mass is 395 g/mol. The number of anilines is 1. The molecule has 0 saturated heterocycles. The van der Waals surface area contributed by atoms with Gasteiger partial charge in [0.15, 0.2) is 0 Å². The van der Waals surface area contributed by atoms with Crippen molar-refractivity contribution in [2.24, 2.45) is 5.10 Å². The minimum Gasteiger partial charge on any atom is -0.290 e. The maximum absolute atomic E-state index is 12.2. The van der Waals surface area contributed by atoms with Gasteiger partial charge in [-0.15, -0.1) is 0 Å². The summed E-state index contributed by atoms with van der Waals surface area (Å²) in [5.74, 6) is -0.0385. The van der Waals surface area contributed by atoms with E-state index in [2.05, 4.69) is 20.5 Å². The first-order chi connectivity index (χ1) is 13.4. The maximum Gasteiger partial charge on any atom is 0.295 e. The van der Waals surface area contributed by atoms with E-state index in [1.54, 1.807) is 36.4 Å². The molecule has 3 rings (SSSR count). The zero-order valence-electron chi connectivity index (χ0n) is 14.2. The van der Waals surface area contributed by atoms with E-state index in [1.807, 2.05) is 6.07 Å². The van der Waals surface area contributed by atoms with Gasteiger partial charge in [-0.1, -0.05) is 48.5 Å². The van der Waals surface area contributed by atoms with Crippen molar-refractivity contribution >= 4 is 22.3 Å². The third-order valence-corrected chi connectivity index (χ3v) is 4.58. The van der Waals surface area contributed by atoms with Gasteiger partial charge in [0.1, 0.15) is 16.5 Å². The molecule has 0 bridgehead atoms. The highest BCUT2D eigenvalue weighted by molar-refractivity contribution is 7.86. The second kappa shape index (κ2) is 7.83. The standard InChI is InChI=1S/C18H13N5O4S/c19-10-14-16(12-6-2-1-3-7-12)21-18(22-17(14)24)23-20-11-13-8-4-5-9-15(13)28(25,26)27/h1-9,11H,(H,25,26,27)(H2,21,22,23,24). The molecule has 3 N–H and O–H groups in total. The summed E-state index contributed by atoms with van der Waals surface area (Å²) in [6, 6.07) is 16.2. The summed E-state index contributed by atoms with van der Waals surface area (Å²) in [7, 11) is -4.42. The van der Waals surface area contributed by atoms with Crippen LogP contribution in [-0.2, 0) is 10.1 Å². The summed E-state index contributed by atoms with van der Waals surface area (Å²) in [5.41, 5.74) is 2.60. The number of nitrogens with one attached hydrogen (secondary N) is 2. The van der Waals surface area contributed by atoms with Crippen LogP contribution in [0.1, 0.15) is 11.1 Å². The Hall–Kier alpha value is -3.81. The number of nitrogens with zero attached hydrogens (tertiary/aromatic N) is 3. The molecule has 0 radical (unpaired) electrons. The Bertz CT molecular complexity index is 1240. The second-order valence-electron chi connectivity index (χ2n) is 5.50. The molecule has 140 valence electrons. The summed E-state index contributed by atoms with van der Waals surface area (Å²) < 4.78 is 32.0. The van der Waals surface area contributed by atoms with E-state index in [1.165, 1.54) is 18.2 Å². The van der Waals surface area contributed by atoms with Gasteiger partial charge in [0.05, 0.1) is 11.9 Å². The van der Waals surface area contributed by atoms with Crippen molar-refractivity contribution in [2.45, 2.75) is 4.90 Å². The summed E-state index contributed by atoms with van der Waals surface area (Å²) in [4.78, 5) is 18.4. The fourth-order valence-corrected chi connectivity index (χ4v) is 3.09. The van der Waals surface area contributed by atoms with E-state index in [4.69, 9.17) is 0 Å². The number of aromatic amines is 1. The van der Waals surface area contributed by atoms with E-state index in [0.717, 1.165) is 6.21 Å². The molecule has 28 heavy (non-hydrogen) atoms. The molecule has 3 aromatic rings. The van der Waals surface area contributed by atoms with Gasteiger partial charge in [-0.25, -0.2) is 10.4 Å². The van der Waals surface area contributed by atoms with E-state index >= 15 is 0 Å². The Morgan fingerprint density at radius 3 is 2.50 bits per heavy atom. The van der Waals surface area contributed by atoms with Crippen molar-refractivity contribution in [1.29, 1.82) is 5.26 Å². The van der Waals surface area contributed by atoms with Gasteiger partial charge in [-0.05, 0) is 6.07 Å². The molecular weight excluding hydrogens is 382 g/mol.